The summed E-state index contributed by atoms with van der Waals surface area (Å²) in [5.41, 5.74) is 2.98. The molecule has 0 atom stereocenters. The van der Waals surface area contributed by atoms with Crippen molar-refractivity contribution in [3.8, 4) is 5.75 Å². The van der Waals surface area contributed by atoms with Crippen LogP contribution in [0.5, 0.6) is 5.75 Å². The van der Waals surface area contributed by atoms with Crippen LogP contribution in [0.3, 0.4) is 0 Å². The highest BCUT2D eigenvalue weighted by Gasteiger charge is 1.93. The number of nitrogens with zero attached hydrogens (tertiary/aromatic N) is 2. The van der Waals surface area contributed by atoms with Crippen LogP contribution in [0.1, 0.15) is 11.1 Å². The Bertz CT molecular complexity index is 619. The van der Waals surface area contributed by atoms with Crippen LogP contribution in [0.15, 0.2) is 58.7 Å². The van der Waals surface area contributed by atoms with Crippen LogP contribution in [-0.4, -0.2) is 37.8 Å². The molecule has 0 spiro atoms. The van der Waals surface area contributed by atoms with Crippen LogP contribution in [0.2, 0.25) is 0 Å². The summed E-state index contributed by atoms with van der Waals surface area (Å²) < 4.78 is 5.28. The van der Waals surface area contributed by atoms with Gasteiger partial charge in [-0.25, -0.2) is 0 Å². The molecule has 0 heterocycles. The highest BCUT2D eigenvalue weighted by atomic mass is 16.5. The molecule has 0 bridgehead atoms. The van der Waals surface area contributed by atoms with Crippen LogP contribution < -0.4 is 10.1 Å². The average Bonchev–Trinajstić information content (AvgIpc) is 2.58. The van der Waals surface area contributed by atoms with Gasteiger partial charge in [0.05, 0.1) is 19.0 Å². The summed E-state index contributed by atoms with van der Waals surface area (Å²) in [6.07, 6.45) is 3.38. The molecule has 0 aromatic heterocycles. The van der Waals surface area contributed by atoms with Crippen molar-refractivity contribution in [2.75, 3.05) is 25.6 Å². The topological polar surface area (TPSA) is 66.2 Å². The van der Waals surface area contributed by atoms with Crippen molar-refractivity contribution in [1.29, 1.82) is 0 Å². The Morgan fingerprint density at radius 1 is 0.955 bits per heavy atom. The molecule has 2 rings (SSSR count). The standard InChI is InChI=1S/C17H19N3O2/c1-18-16-6-2-14(3-7-16)12-19-20-13-15-4-8-17(9-5-15)22-11-10-21/h2-9,12-13,18,21H,10-11H2,1H3/b19-12+,20-13+. The number of aliphatic hydroxyl groups excluding tert-OH is 1. The van der Waals surface area contributed by atoms with Crippen LogP contribution in [0.25, 0.3) is 0 Å². The lowest BCUT2D eigenvalue weighted by Gasteiger charge is -2.03. The predicted octanol–water partition coefficient (Wildman–Crippen LogP) is 2.55. The summed E-state index contributed by atoms with van der Waals surface area (Å²) in [5, 5.41) is 19.8. The molecule has 2 N–H and O–H groups in total. The maximum absolute atomic E-state index is 8.68. The fraction of sp³-hybridized carbons (Fsp3) is 0.176. The number of anilines is 1. The maximum Gasteiger partial charge on any atom is 0.119 e. The summed E-state index contributed by atoms with van der Waals surface area (Å²) in [4.78, 5) is 0. The largest absolute Gasteiger partial charge is 0.491 e. The van der Waals surface area contributed by atoms with Gasteiger partial charge in [0.2, 0.25) is 0 Å². The van der Waals surface area contributed by atoms with Crippen molar-refractivity contribution < 1.29 is 9.84 Å². The summed E-state index contributed by atoms with van der Waals surface area (Å²) in [5.74, 6) is 0.722. The van der Waals surface area contributed by atoms with Crippen molar-refractivity contribution in [1.82, 2.24) is 0 Å². The van der Waals surface area contributed by atoms with Gasteiger partial charge in [-0.1, -0.05) is 12.1 Å². The molecule has 0 aliphatic rings. The van der Waals surface area contributed by atoms with Crippen molar-refractivity contribution in [2.45, 2.75) is 0 Å². The second-order valence-electron chi connectivity index (χ2n) is 4.50. The van der Waals surface area contributed by atoms with E-state index in [2.05, 4.69) is 15.5 Å². The summed E-state index contributed by atoms with van der Waals surface area (Å²) in [6.45, 7) is 0.303. The van der Waals surface area contributed by atoms with Crippen molar-refractivity contribution in [2.24, 2.45) is 10.2 Å². The van der Waals surface area contributed by atoms with Crippen LogP contribution in [-0.2, 0) is 0 Å². The molecular formula is C17H19N3O2. The van der Waals surface area contributed by atoms with Gasteiger partial charge in [-0.15, -0.1) is 0 Å². The van der Waals surface area contributed by atoms with E-state index in [4.69, 9.17) is 9.84 Å². The third-order valence-electron chi connectivity index (χ3n) is 2.92. The van der Waals surface area contributed by atoms with Crippen molar-refractivity contribution in [3.63, 3.8) is 0 Å². The average molecular weight is 297 g/mol. The van der Waals surface area contributed by atoms with Gasteiger partial charge in [0.1, 0.15) is 12.4 Å². The minimum absolute atomic E-state index is 0.00717. The van der Waals surface area contributed by atoms with E-state index in [1.165, 1.54) is 0 Å². The van der Waals surface area contributed by atoms with Gasteiger partial charge in [0, 0.05) is 12.7 Å². The minimum Gasteiger partial charge on any atom is -0.491 e. The normalized spacial score (nSPS) is 11.2. The first-order chi connectivity index (χ1) is 10.8. The number of rotatable bonds is 7. The van der Waals surface area contributed by atoms with E-state index in [0.29, 0.717) is 6.61 Å². The lowest BCUT2D eigenvalue weighted by atomic mass is 10.2. The lowest BCUT2D eigenvalue weighted by molar-refractivity contribution is 0.201. The quantitative estimate of drug-likeness (QED) is 0.609. The summed E-state index contributed by atoms with van der Waals surface area (Å²) >= 11 is 0. The molecule has 0 aliphatic heterocycles. The van der Waals surface area contributed by atoms with E-state index in [1.807, 2.05) is 55.6 Å². The predicted molar refractivity (Wildman–Crippen MR) is 90.2 cm³/mol. The maximum atomic E-state index is 8.68. The lowest BCUT2D eigenvalue weighted by Crippen LogP contribution is -2.01. The molecule has 0 aliphatic carbocycles. The second kappa shape index (κ2) is 8.59. The number of benzene rings is 2. The Morgan fingerprint density at radius 2 is 1.50 bits per heavy atom. The van der Waals surface area contributed by atoms with Crippen LogP contribution >= 0.6 is 0 Å². The van der Waals surface area contributed by atoms with Crippen LogP contribution in [0, 0.1) is 0 Å². The zero-order chi connectivity index (χ0) is 15.6. The SMILES string of the molecule is CNc1ccc(/C=N/N=C/c2ccc(OCCO)cc2)cc1. The zero-order valence-electron chi connectivity index (χ0n) is 12.4. The van der Waals surface area contributed by atoms with Gasteiger partial charge < -0.3 is 15.2 Å². The first-order valence-electron chi connectivity index (χ1n) is 7.00. The van der Waals surface area contributed by atoms with E-state index in [-0.39, 0.29) is 6.61 Å². The van der Waals surface area contributed by atoms with Gasteiger partial charge in [0.15, 0.2) is 0 Å². The van der Waals surface area contributed by atoms with Crippen LogP contribution in [0.4, 0.5) is 5.69 Å². The molecule has 2 aromatic rings. The van der Waals surface area contributed by atoms with Gasteiger partial charge in [0.25, 0.3) is 0 Å². The highest BCUT2D eigenvalue weighted by Crippen LogP contribution is 2.11. The Morgan fingerprint density at radius 3 is 2.00 bits per heavy atom. The Kier molecular flexibility index (Phi) is 6.14. The van der Waals surface area contributed by atoms with Gasteiger partial charge >= 0.3 is 0 Å². The molecule has 0 saturated heterocycles. The number of ether oxygens (including phenoxy) is 1. The first-order valence-corrected chi connectivity index (χ1v) is 7.00. The molecule has 114 valence electrons. The van der Waals surface area contributed by atoms with Crippen molar-refractivity contribution in [3.05, 3.63) is 59.7 Å². The molecule has 0 radical (unpaired) electrons. The molecule has 0 saturated carbocycles. The molecule has 0 unspecified atom stereocenters. The fourth-order valence-corrected chi connectivity index (χ4v) is 1.75. The van der Waals surface area contributed by atoms with Gasteiger partial charge in [-0.2, -0.15) is 10.2 Å². The van der Waals surface area contributed by atoms with Crippen molar-refractivity contribution >= 4 is 18.1 Å². The first kappa shape index (κ1) is 15.7. The Hall–Kier alpha value is -2.66. The third-order valence-corrected chi connectivity index (χ3v) is 2.92. The van der Waals surface area contributed by atoms with Gasteiger partial charge in [-0.3, -0.25) is 0 Å². The number of hydrogen-bond donors (Lipinski definition) is 2. The number of nitrogens with one attached hydrogen (secondary N) is 1. The van der Waals surface area contributed by atoms with E-state index >= 15 is 0 Å². The summed E-state index contributed by atoms with van der Waals surface area (Å²) in [6, 6.07) is 15.3. The molecular weight excluding hydrogens is 278 g/mol. The second-order valence-corrected chi connectivity index (χ2v) is 4.50. The third kappa shape index (κ3) is 5.03. The number of hydrogen-bond acceptors (Lipinski definition) is 5. The zero-order valence-corrected chi connectivity index (χ0v) is 12.4. The van der Waals surface area contributed by atoms with Gasteiger partial charge in [-0.05, 0) is 47.5 Å². The van der Waals surface area contributed by atoms with E-state index in [0.717, 1.165) is 22.6 Å². The smallest absolute Gasteiger partial charge is 0.119 e. The monoisotopic (exact) mass is 297 g/mol. The molecule has 5 heteroatoms. The Labute approximate surface area is 130 Å². The molecule has 0 amide bonds. The fourth-order valence-electron chi connectivity index (χ4n) is 1.75. The van der Waals surface area contributed by atoms with E-state index < -0.39 is 0 Å². The highest BCUT2D eigenvalue weighted by molar-refractivity contribution is 5.83. The van der Waals surface area contributed by atoms with E-state index in [1.54, 1.807) is 12.4 Å². The molecule has 0 fully saturated rings. The van der Waals surface area contributed by atoms with E-state index in [9.17, 15) is 0 Å². The molecule has 5 nitrogen and oxygen atoms in total. The minimum atomic E-state index is 0.00717. The Balaban J connectivity index is 1.89. The number of aliphatic hydroxyl groups is 1. The molecule has 22 heavy (non-hydrogen) atoms. The molecule has 2 aromatic carbocycles. The summed E-state index contributed by atoms with van der Waals surface area (Å²) in [7, 11) is 1.88.